The van der Waals surface area contributed by atoms with Crippen LogP contribution in [0.2, 0.25) is 5.54 Å². The van der Waals surface area contributed by atoms with Crippen LogP contribution in [-0.2, 0) is 0 Å². The molecule has 2 atom stereocenters. The molecule has 1 N–H and O–H groups in total. The number of hydrogen-bond acceptors (Lipinski definition) is 3. The molecule has 2 heterocycles. The van der Waals surface area contributed by atoms with Crippen molar-refractivity contribution >= 4 is 36.2 Å². The molecule has 3 aromatic rings. The standard InChI is InChI=1S/C30H24N3Si/c31-20-22-18-19-25(32-21-22)24-12-4-5-13-26(24)33-27-14-6-8-16-29(27)34(23-10-2-1-3-11-23)30-17-9-7-15-28(30)33/h1-19,27,29,32H,21H2. The number of nitrogens with one attached hydrogen (secondary N) is 1. The molecule has 34 heavy (non-hydrogen) atoms. The molecule has 2 unspecified atom stereocenters. The highest BCUT2D eigenvalue weighted by Crippen LogP contribution is 2.42. The first kappa shape index (κ1) is 20.5. The highest BCUT2D eigenvalue weighted by atomic mass is 28.3. The number of nitrogens with zero attached hydrogens (tertiary/aromatic N) is 2. The van der Waals surface area contributed by atoms with Crippen LogP contribution in [0.5, 0.6) is 0 Å². The van der Waals surface area contributed by atoms with Crippen molar-refractivity contribution in [1.29, 1.82) is 5.26 Å². The van der Waals surface area contributed by atoms with Crippen molar-refractivity contribution in [1.82, 2.24) is 5.32 Å². The molecule has 0 fully saturated rings. The van der Waals surface area contributed by atoms with Gasteiger partial charge in [0.25, 0.3) is 0 Å². The third kappa shape index (κ3) is 3.42. The summed E-state index contributed by atoms with van der Waals surface area (Å²) in [6.07, 6.45) is 13.1. The summed E-state index contributed by atoms with van der Waals surface area (Å²) in [5.74, 6) is 0. The third-order valence-electron chi connectivity index (χ3n) is 6.79. The molecule has 0 bridgehead atoms. The van der Waals surface area contributed by atoms with E-state index in [2.05, 4.69) is 119 Å². The molecule has 3 aromatic carbocycles. The average molecular weight is 455 g/mol. The van der Waals surface area contributed by atoms with Crippen LogP contribution >= 0.6 is 0 Å². The number of allylic oxidation sites excluding steroid dienone is 4. The van der Waals surface area contributed by atoms with Crippen LogP contribution in [0.1, 0.15) is 5.56 Å². The fourth-order valence-corrected chi connectivity index (χ4v) is 8.55. The summed E-state index contributed by atoms with van der Waals surface area (Å²) in [4.78, 5) is 2.53. The van der Waals surface area contributed by atoms with Gasteiger partial charge in [0.15, 0.2) is 0 Å². The lowest BCUT2D eigenvalue weighted by molar-refractivity contribution is 0.765. The van der Waals surface area contributed by atoms with Crippen molar-refractivity contribution in [2.24, 2.45) is 0 Å². The van der Waals surface area contributed by atoms with E-state index in [4.69, 9.17) is 0 Å². The number of fused-ring (bicyclic) bond motifs is 2. The predicted molar refractivity (Wildman–Crippen MR) is 142 cm³/mol. The Bertz CT molecular complexity index is 1390. The van der Waals surface area contributed by atoms with E-state index in [1.807, 2.05) is 12.2 Å². The van der Waals surface area contributed by atoms with Crippen molar-refractivity contribution in [3.63, 3.8) is 0 Å². The van der Waals surface area contributed by atoms with Crippen LogP contribution in [0, 0.1) is 11.3 Å². The summed E-state index contributed by atoms with van der Waals surface area (Å²) in [6.45, 7) is 0.559. The first-order valence-corrected chi connectivity index (χ1v) is 13.2. The average Bonchev–Trinajstić information content (AvgIpc) is 2.92. The highest BCUT2D eigenvalue weighted by molar-refractivity contribution is 6.88. The van der Waals surface area contributed by atoms with Gasteiger partial charge in [-0.05, 0) is 29.5 Å². The van der Waals surface area contributed by atoms with E-state index >= 15 is 0 Å². The second kappa shape index (κ2) is 8.70. The Labute approximate surface area is 202 Å². The lowest BCUT2D eigenvalue weighted by atomic mass is 9.99. The Morgan fingerprint density at radius 3 is 2.35 bits per heavy atom. The van der Waals surface area contributed by atoms with Gasteiger partial charge in [-0.2, -0.15) is 5.26 Å². The summed E-state index contributed by atoms with van der Waals surface area (Å²) in [6, 6.07) is 31.1. The maximum Gasteiger partial charge on any atom is 0.133 e. The molecule has 4 heteroatoms. The Morgan fingerprint density at radius 2 is 1.56 bits per heavy atom. The van der Waals surface area contributed by atoms with Gasteiger partial charge in [0.1, 0.15) is 8.80 Å². The molecular weight excluding hydrogens is 430 g/mol. The van der Waals surface area contributed by atoms with E-state index in [1.165, 1.54) is 21.7 Å². The van der Waals surface area contributed by atoms with Crippen LogP contribution in [0.25, 0.3) is 5.70 Å². The number of nitriles is 1. The van der Waals surface area contributed by atoms with E-state index in [0.29, 0.717) is 12.1 Å². The minimum absolute atomic E-state index is 0.240. The molecule has 1 radical (unpaired) electrons. The lowest BCUT2D eigenvalue weighted by Crippen LogP contribution is -2.58. The minimum Gasteiger partial charge on any atom is -0.380 e. The van der Waals surface area contributed by atoms with Gasteiger partial charge in [0.05, 0.1) is 24.3 Å². The lowest BCUT2D eigenvalue weighted by Gasteiger charge is -2.46. The van der Waals surface area contributed by atoms with E-state index in [1.54, 1.807) is 0 Å². The topological polar surface area (TPSA) is 39.1 Å². The number of hydrogen-bond donors (Lipinski definition) is 1. The summed E-state index contributed by atoms with van der Waals surface area (Å²) < 4.78 is 0. The molecule has 1 aliphatic carbocycles. The normalized spacial score (nSPS) is 21.0. The van der Waals surface area contributed by atoms with Crippen LogP contribution < -0.4 is 20.6 Å². The van der Waals surface area contributed by atoms with Crippen molar-refractivity contribution < 1.29 is 0 Å². The Kier molecular flexibility index (Phi) is 5.25. The molecule has 0 amide bonds. The van der Waals surface area contributed by atoms with Crippen LogP contribution in [0.4, 0.5) is 11.4 Å². The third-order valence-corrected chi connectivity index (χ3v) is 9.95. The Morgan fingerprint density at radius 1 is 0.824 bits per heavy atom. The number of para-hydroxylation sites is 2. The zero-order valence-corrected chi connectivity index (χ0v) is 19.7. The van der Waals surface area contributed by atoms with E-state index in [0.717, 1.165) is 16.8 Å². The molecule has 163 valence electrons. The second-order valence-electron chi connectivity index (χ2n) is 8.71. The van der Waals surface area contributed by atoms with Gasteiger partial charge in [0, 0.05) is 28.1 Å². The highest BCUT2D eigenvalue weighted by Gasteiger charge is 2.42. The number of rotatable bonds is 3. The maximum absolute atomic E-state index is 9.26. The van der Waals surface area contributed by atoms with Crippen LogP contribution in [0.3, 0.4) is 0 Å². The van der Waals surface area contributed by atoms with Crippen LogP contribution in [0.15, 0.2) is 121 Å². The van der Waals surface area contributed by atoms with Crippen molar-refractivity contribution in [3.8, 4) is 6.07 Å². The molecule has 2 aliphatic heterocycles. The fraction of sp³-hybridized carbons (Fsp3) is 0.100. The van der Waals surface area contributed by atoms with Gasteiger partial charge in [0.2, 0.25) is 0 Å². The molecule has 0 spiro atoms. The van der Waals surface area contributed by atoms with Crippen molar-refractivity contribution in [3.05, 3.63) is 126 Å². The fourth-order valence-electron chi connectivity index (χ4n) is 5.28. The largest absolute Gasteiger partial charge is 0.380 e. The second-order valence-corrected chi connectivity index (χ2v) is 11.3. The van der Waals surface area contributed by atoms with Gasteiger partial charge in [-0.3, -0.25) is 0 Å². The number of anilines is 2. The molecule has 3 nitrogen and oxygen atoms in total. The molecule has 0 saturated heterocycles. The van der Waals surface area contributed by atoms with Gasteiger partial charge in [-0.15, -0.1) is 0 Å². The van der Waals surface area contributed by atoms with E-state index < -0.39 is 8.80 Å². The summed E-state index contributed by atoms with van der Waals surface area (Å²) in [5.41, 5.74) is 5.85. The monoisotopic (exact) mass is 454 g/mol. The maximum atomic E-state index is 9.26. The van der Waals surface area contributed by atoms with Gasteiger partial charge in [-0.1, -0.05) is 96.2 Å². The zero-order chi connectivity index (χ0) is 22.9. The number of dihydropyridines is 1. The minimum atomic E-state index is -1.02. The van der Waals surface area contributed by atoms with Gasteiger partial charge < -0.3 is 10.2 Å². The molecule has 3 aliphatic rings. The van der Waals surface area contributed by atoms with Gasteiger partial charge >= 0.3 is 0 Å². The zero-order valence-electron chi connectivity index (χ0n) is 18.7. The summed E-state index contributed by atoms with van der Waals surface area (Å²) in [5, 5.41) is 15.6. The SMILES string of the molecule is N#CC1=CC=C(c2ccccc2N2c3ccccc3[Si](c3ccccc3)C3C=CC=CC32)NC1. The van der Waals surface area contributed by atoms with Crippen LogP contribution in [-0.4, -0.2) is 21.4 Å². The van der Waals surface area contributed by atoms with Gasteiger partial charge in [-0.25, -0.2) is 0 Å². The summed E-state index contributed by atoms with van der Waals surface area (Å²) in [7, 11) is -1.02. The first-order chi connectivity index (χ1) is 16.8. The quantitative estimate of drug-likeness (QED) is 0.583. The Hall–Kier alpha value is -4.07. The van der Waals surface area contributed by atoms with Crippen molar-refractivity contribution in [2.45, 2.75) is 11.6 Å². The first-order valence-electron chi connectivity index (χ1n) is 11.7. The molecule has 0 aromatic heterocycles. The molecular formula is C30H24N3Si. The van der Waals surface area contributed by atoms with E-state index in [-0.39, 0.29) is 6.04 Å². The summed E-state index contributed by atoms with van der Waals surface area (Å²) >= 11 is 0. The number of benzene rings is 3. The van der Waals surface area contributed by atoms with E-state index in [9.17, 15) is 5.26 Å². The molecule has 6 rings (SSSR count). The smallest absolute Gasteiger partial charge is 0.133 e. The van der Waals surface area contributed by atoms with Crippen molar-refractivity contribution in [2.75, 3.05) is 11.4 Å². The molecule has 0 saturated carbocycles. The Balaban J connectivity index is 1.54. The predicted octanol–water partition coefficient (Wildman–Crippen LogP) is 4.71.